The van der Waals surface area contributed by atoms with Crippen LogP contribution in [-0.4, -0.2) is 57.3 Å². The first-order valence-corrected chi connectivity index (χ1v) is 8.65. The molecular formula is C17H30N4O2. The zero-order chi connectivity index (χ0) is 16.3. The van der Waals surface area contributed by atoms with Gasteiger partial charge >= 0.3 is 0 Å². The lowest BCUT2D eigenvalue weighted by Gasteiger charge is -2.26. The van der Waals surface area contributed by atoms with Gasteiger partial charge in [0.15, 0.2) is 5.96 Å². The third-order valence-electron chi connectivity index (χ3n) is 4.10. The highest BCUT2D eigenvalue weighted by Crippen LogP contribution is 2.24. The molecule has 0 bridgehead atoms. The molecule has 6 nitrogen and oxygen atoms in total. The van der Waals surface area contributed by atoms with Gasteiger partial charge in [-0.2, -0.15) is 0 Å². The van der Waals surface area contributed by atoms with Crippen LogP contribution in [0.2, 0.25) is 0 Å². The third-order valence-corrected chi connectivity index (χ3v) is 4.10. The van der Waals surface area contributed by atoms with Crippen molar-refractivity contribution in [2.24, 2.45) is 4.99 Å². The molecule has 1 aromatic heterocycles. The average Bonchev–Trinajstić information content (AvgIpc) is 3.27. The first-order valence-electron chi connectivity index (χ1n) is 8.65. The van der Waals surface area contributed by atoms with Gasteiger partial charge in [-0.1, -0.05) is 0 Å². The molecule has 2 heterocycles. The number of nitrogens with one attached hydrogen (secondary N) is 2. The number of guanidine groups is 1. The molecule has 1 aromatic rings. The number of likely N-dealkylation sites (tertiary alicyclic amines) is 1. The van der Waals surface area contributed by atoms with Gasteiger partial charge in [-0.15, -0.1) is 0 Å². The quantitative estimate of drug-likeness (QED) is 0.414. The highest BCUT2D eigenvalue weighted by molar-refractivity contribution is 5.79. The summed E-state index contributed by atoms with van der Waals surface area (Å²) in [6, 6.07) is 4.27. The number of aliphatic imine (C=N–C) groups is 1. The van der Waals surface area contributed by atoms with Gasteiger partial charge in [0.1, 0.15) is 5.76 Å². The Labute approximate surface area is 139 Å². The van der Waals surface area contributed by atoms with Crippen molar-refractivity contribution in [1.29, 1.82) is 0 Å². The van der Waals surface area contributed by atoms with Crippen LogP contribution in [0.5, 0.6) is 0 Å². The van der Waals surface area contributed by atoms with E-state index in [1.165, 1.54) is 12.8 Å². The standard InChI is InChI=1S/C17H30N4O2/c1-3-22-12-7-9-19-17(18-2)20-14-15(16-8-6-13-23-16)21-10-4-5-11-21/h6,8,13,15H,3-5,7,9-12,14H2,1-2H3,(H2,18,19,20). The maximum Gasteiger partial charge on any atom is 0.191 e. The molecule has 2 rings (SSSR count). The van der Waals surface area contributed by atoms with E-state index >= 15 is 0 Å². The van der Waals surface area contributed by atoms with Gasteiger partial charge < -0.3 is 19.8 Å². The molecular weight excluding hydrogens is 292 g/mol. The molecule has 130 valence electrons. The molecule has 1 fully saturated rings. The van der Waals surface area contributed by atoms with E-state index in [9.17, 15) is 0 Å². The van der Waals surface area contributed by atoms with Gasteiger partial charge in [-0.05, 0) is 51.4 Å². The van der Waals surface area contributed by atoms with E-state index in [0.717, 1.165) is 57.5 Å². The Balaban J connectivity index is 1.79. The Bertz CT molecular complexity index is 441. The fourth-order valence-corrected chi connectivity index (χ4v) is 2.88. The largest absolute Gasteiger partial charge is 0.468 e. The molecule has 0 saturated carbocycles. The molecule has 0 amide bonds. The topological polar surface area (TPSA) is 62.0 Å². The molecule has 1 saturated heterocycles. The van der Waals surface area contributed by atoms with Crippen molar-refractivity contribution in [3.63, 3.8) is 0 Å². The van der Waals surface area contributed by atoms with Crippen LogP contribution in [0.15, 0.2) is 27.8 Å². The van der Waals surface area contributed by atoms with Crippen molar-refractivity contribution in [2.45, 2.75) is 32.2 Å². The second-order valence-electron chi connectivity index (χ2n) is 5.70. The van der Waals surface area contributed by atoms with Crippen LogP contribution in [0.1, 0.15) is 38.0 Å². The lowest BCUT2D eigenvalue weighted by Crippen LogP contribution is -2.43. The van der Waals surface area contributed by atoms with Crippen LogP contribution in [0.25, 0.3) is 0 Å². The van der Waals surface area contributed by atoms with Crippen molar-refractivity contribution in [3.8, 4) is 0 Å². The molecule has 0 aromatic carbocycles. The molecule has 0 spiro atoms. The predicted molar refractivity (Wildman–Crippen MR) is 92.7 cm³/mol. The van der Waals surface area contributed by atoms with Crippen molar-refractivity contribution >= 4 is 5.96 Å². The molecule has 2 N–H and O–H groups in total. The van der Waals surface area contributed by atoms with E-state index < -0.39 is 0 Å². The zero-order valence-corrected chi connectivity index (χ0v) is 14.4. The maximum absolute atomic E-state index is 5.64. The number of hydrogen-bond donors (Lipinski definition) is 2. The van der Waals surface area contributed by atoms with Crippen LogP contribution in [0, 0.1) is 0 Å². The number of rotatable bonds is 9. The average molecular weight is 322 g/mol. The molecule has 0 radical (unpaired) electrons. The monoisotopic (exact) mass is 322 g/mol. The second kappa shape index (κ2) is 10.3. The Morgan fingerprint density at radius 3 is 2.87 bits per heavy atom. The summed E-state index contributed by atoms with van der Waals surface area (Å²) in [7, 11) is 1.80. The van der Waals surface area contributed by atoms with Gasteiger partial charge in [0, 0.05) is 33.4 Å². The normalized spacial score (nSPS) is 17.4. The van der Waals surface area contributed by atoms with Gasteiger partial charge in [0.05, 0.1) is 12.3 Å². The van der Waals surface area contributed by atoms with Crippen LogP contribution in [0.3, 0.4) is 0 Å². The highest BCUT2D eigenvalue weighted by Gasteiger charge is 2.25. The molecule has 6 heteroatoms. The maximum atomic E-state index is 5.64. The number of hydrogen-bond acceptors (Lipinski definition) is 4. The summed E-state index contributed by atoms with van der Waals surface area (Å²) in [5, 5.41) is 6.75. The van der Waals surface area contributed by atoms with E-state index in [1.807, 2.05) is 13.0 Å². The smallest absolute Gasteiger partial charge is 0.191 e. The van der Waals surface area contributed by atoms with E-state index in [4.69, 9.17) is 9.15 Å². The van der Waals surface area contributed by atoms with E-state index in [0.29, 0.717) is 0 Å². The van der Waals surface area contributed by atoms with Crippen molar-refractivity contribution in [3.05, 3.63) is 24.2 Å². The summed E-state index contributed by atoms with van der Waals surface area (Å²) in [6.07, 6.45) is 5.25. The third kappa shape index (κ3) is 5.88. The van der Waals surface area contributed by atoms with Crippen molar-refractivity contribution in [2.75, 3.05) is 46.4 Å². The Kier molecular flexibility index (Phi) is 7.97. The van der Waals surface area contributed by atoms with Crippen molar-refractivity contribution in [1.82, 2.24) is 15.5 Å². The minimum atomic E-state index is 0.259. The first kappa shape index (κ1) is 17.8. The molecule has 23 heavy (non-hydrogen) atoms. The summed E-state index contributed by atoms with van der Waals surface area (Å²) >= 11 is 0. The van der Waals surface area contributed by atoms with E-state index in [-0.39, 0.29) is 6.04 Å². The van der Waals surface area contributed by atoms with Gasteiger partial charge in [0.2, 0.25) is 0 Å². The van der Waals surface area contributed by atoms with Crippen LogP contribution in [-0.2, 0) is 4.74 Å². The fourth-order valence-electron chi connectivity index (χ4n) is 2.88. The second-order valence-corrected chi connectivity index (χ2v) is 5.70. The zero-order valence-electron chi connectivity index (χ0n) is 14.4. The minimum Gasteiger partial charge on any atom is -0.468 e. The number of furan rings is 1. The minimum absolute atomic E-state index is 0.259. The molecule has 1 aliphatic rings. The van der Waals surface area contributed by atoms with Gasteiger partial charge in [0.25, 0.3) is 0 Å². The van der Waals surface area contributed by atoms with Gasteiger partial charge in [-0.3, -0.25) is 9.89 Å². The van der Waals surface area contributed by atoms with Gasteiger partial charge in [-0.25, -0.2) is 0 Å². The lowest BCUT2D eigenvalue weighted by atomic mass is 10.2. The van der Waals surface area contributed by atoms with Crippen molar-refractivity contribution < 1.29 is 9.15 Å². The summed E-state index contributed by atoms with van der Waals surface area (Å²) in [5.41, 5.74) is 0. The Morgan fingerprint density at radius 2 is 2.22 bits per heavy atom. The number of nitrogens with zero attached hydrogens (tertiary/aromatic N) is 2. The fraction of sp³-hybridized carbons (Fsp3) is 0.706. The molecule has 1 aliphatic heterocycles. The van der Waals surface area contributed by atoms with E-state index in [2.05, 4.69) is 26.6 Å². The SMILES string of the molecule is CCOCCCNC(=NC)NCC(c1ccco1)N1CCCC1. The Morgan fingerprint density at radius 1 is 1.39 bits per heavy atom. The van der Waals surface area contributed by atoms with Crippen LogP contribution in [0.4, 0.5) is 0 Å². The highest BCUT2D eigenvalue weighted by atomic mass is 16.5. The summed E-state index contributed by atoms with van der Waals surface area (Å²) in [6.45, 7) is 7.48. The predicted octanol–water partition coefficient (Wildman–Crippen LogP) is 2.01. The molecule has 1 unspecified atom stereocenters. The van der Waals surface area contributed by atoms with Crippen LogP contribution >= 0.6 is 0 Å². The molecule has 0 aliphatic carbocycles. The molecule has 1 atom stereocenters. The lowest BCUT2D eigenvalue weighted by molar-refractivity contribution is 0.145. The first-order chi connectivity index (χ1) is 11.3. The Hall–Kier alpha value is -1.53. The van der Waals surface area contributed by atoms with E-state index in [1.54, 1.807) is 13.3 Å². The number of ether oxygens (including phenoxy) is 1. The summed E-state index contributed by atoms with van der Waals surface area (Å²) in [4.78, 5) is 6.77. The summed E-state index contributed by atoms with van der Waals surface area (Å²) < 4.78 is 11.0. The van der Waals surface area contributed by atoms with Crippen LogP contribution < -0.4 is 10.6 Å². The summed E-state index contributed by atoms with van der Waals surface area (Å²) in [5.74, 6) is 1.85.